The minimum absolute atomic E-state index is 0.356. The summed E-state index contributed by atoms with van der Waals surface area (Å²) in [4.78, 5) is 19.6. The van der Waals surface area contributed by atoms with E-state index in [1.807, 2.05) is 0 Å². The molecule has 1 aromatic heterocycles. The summed E-state index contributed by atoms with van der Waals surface area (Å²) in [6.45, 7) is 0.530. The molecule has 6 heteroatoms. The Hall–Kier alpha value is -1.85. The van der Waals surface area contributed by atoms with E-state index in [2.05, 4.69) is 15.3 Å². The van der Waals surface area contributed by atoms with E-state index in [1.54, 1.807) is 0 Å². The average Bonchev–Trinajstić information content (AvgIpc) is 3.26. The van der Waals surface area contributed by atoms with Crippen LogP contribution < -0.4 is 10.1 Å². The van der Waals surface area contributed by atoms with Crippen LogP contribution in [0.3, 0.4) is 0 Å². The van der Waals surface area contributed by atoms with Crippen LogP contribution in [-0.2, 0) is 17.6 Å². The molecule has 1 heterocycles. The fraction of sp³-hybridized carbons (Fsp3) is 0.643. The van der Waals surface area contributed by atoms with E-state index in [1.165, 1.54) is 12.8 Å². The number of fused-ring (bicyclic) bond motifs is 1. The molecule has 108 valence electrons. The molecule has 0 aliphatic heterocycles. The van der Waals surface area contributed by atoms with Crippen LogP contribution in [0.5, 0.6) is 5.88 Å². The van der Waals surface area contributed by atoms with Gasteiger partial charge in [-0.2, -0.15) is 4.98 Å². The van der Waals surface area contributed by atoms with Gasteiger partial charge in [-0.1, -0.05) is 0 Å². The Morgan fingerprint density at radius 2 is 2.10 bits per heavy atom. The number of hydrogen-bond acceptors (Lipinski definition) is 5. The zero-order valence-corrected chi connectivity index (χ0v) is 11.4. The highest BCUT2D eigenvalue weighted by Crippen LogP contribution is 2.30. The second-order valence-corrected chi connectivity index (χ2v) is 5.49. The van der Waals surface area contributed by atoms with E-state index in [-0.39, 0.29) is 6.61 Å². The number of carboxylic acids is 1. The third-order valence-electron chi connectivity index (χ3n) is 3.72. The Balaban J connectivity index is 1.79. The van der Waals surface area contributed by atoms with Crippen LogP contribution in [0.2, 0.25) is 0 Å². The average molecular weight is 277 g/mol. The quantitative estimate of drug-likeness (QED) is 0.822. The number of carboxylic acid groups (broad SMARTS) is 1. The summed E-state index contributed by atoms with van der Waals surface area (Å²) in [5, 5.41) is 12.0. The van der Waals surface area contributed by atoms with Crippen molar-refractivity contribution < 1.29 is 14.6 Å². The lowest BCUT2D eigenvalue weighted by molar-refractivity contribution is -0.139. The van der Waals surface area contributed by atoms with Gasteiger partial charge >= 0.3 is 5.97 Å². The number of carbonyl (C=O) groups is 1. The Morgan fingerprint density at radius 3 is 2.85 bits per heavy atom. The SMILES string of the molecule is O=C(O)COc1nc(NCC2CC2)nc2c1CCCC2. The maximum Gasteiger partial charge on any atom is 0.341 e. The summed E-state index contributed by atoms with van der Waals surface area (Å²) < 4.78 is 5.34. The molecule has 1 saturated carbocycles. The number of nitrogens with one attached hydrogen (secondary N) is 1. The van der Waals surface area contributed by atoms with Crippen molar-refractivity contribution in [2.45, 2.75) is 38.5 Å². The van der Waals surface area contributed by atoms with Gasteiger partial charge in [0.05, 0.1) is 5.69 Å². The molecule has 3 rings (SSSR count). The van der Waals surface area contributed by atoms with Gasteiger partial charge in [-0.15, -0.1) is 0 Å². The van der Waals surface area contributed by atoms with Gasteiger partial charge in [0.1, 0.15) is 0 Å². The van der Waals surface area contributed by atoms with Crippen molar-refractivity contribution in [2.75, 3.05) is 18.5 Å². The second-order valence-electron chi connectivity index (χ2n) is 5.49. The zero-order valence-electron chi connectivity index (χ0n) is 11.4. The van der Waals surface area contributed by atoms with Crippen molar-refractivity contribution in [3.8, 4) is 5.88 Å². The summed E-state index contributed by atoms with van der Waals surface area (Å²) in [7, 11) is 0. The van der Waals surface area contributed by atoms with E-state index >= 15 is 0 Å². The minimum atomic E-state index is -0.985. The first-order chi connectivity index (χ1) is 9.72. The van der Waals surface area contributed by atoms with Gasteiger partial charge in [-0.05, 0) is 44.4 Å². The topological polar surface area (TPSA) is 84.3 Å². The predicted octanol–water partition coefficient (Wildman–Crippen LogP) is 1.64. The maximum absolute atomic E-state index is 10.7. The van der Waals surface area contributed by atoms with Crippen LogP contribution in [0, 0.1) is 5.92 Å². The molecular weight excluding hydrogens is 258 g/mol. The smallest absolute Gasteiger partial charge is 0.341 e. The molecule has 1 aromatic rings. The fourth-order valence-corrected chi connectivity index (χ4v) is 2.45. The van der Waals surface area contributed by atoms with Crippen LogP contribution in [0.25, 0.3) is 0 Å². The van der Waals surface area contributed by atoms with Gasteiger partial charge in [0, 0.05) is 12.1 Å². The normalized spacial score (nSPS) is 17.4. The molecule has 0 radical (unpaired) electrons. The van der Waals surface area contributed by atoms with Crippen LogP contribution in [0.4, 0.5) is 5.95 Å². The molecule has 2 aliphatic rings. The number of anilines is 1. The first kappa shape index (κ1) is 13.1. The molecule has 2 aliphatic carbocycles. The minimum Gasteiger partial charge on any atom is -0.479 e. The van der Waals surface area contributed by atoms with Crippen molar-refractivity contribution in [2.24, 2.45) is 5.92 Å². The molecule has 0 bridgehead atoms. The van der Waals surface area contributed by atoms with Gasteiger partial charge in [-0.3, -0.25) is 0 Å². The van der Waals surface area contributed by atoms with Gasteiger partial charge in [0.15, 0.2) is 6.61 Å². The molecule has 0 amide bonds. The fourth-order valence-electron chi connectivity index (χ4n) is 2.45. The molecule has 0 unspecified atom stereocenters. The number of aromatic nitrogens is 2. The predicted molar refractivity (Wildman–Crippen MR) is 73.0 cm³/mol. The Bertz CT molecular complexity index is 515. The zero-order chi connectivity index (χ0) is 13.9. The highest BCUT2D eigenvalue weighted by Gasteiger charge is 2.23. The Kier molecular flexibility index (Phi) is 3.71. The molecule has 0 spiro atoms. The number of aliphatic carboxylic acids is 1. The number of aryl methyl sites for hydroxylation is 1. The first-order valence-corrected chi connectivity index (χ1v) is 7.20. The Morgan fingerprint density at radius 1 is 1.30 bits per heavy atom. The summed E-state index contributed by atoms with van der Waals surface area (Å²) in [6.07, 6.45) is 6.51. The molecule has 0 aromatic carbocycles. The van der Waals surface area contributed by atoms with Crippen molar-refractivity contribution in [1.82, 2.24) is 9.97 Å². The van der Waals surface area contributed by atoms with Gasteiger partial charge in [0.2, 0.25) is 11.8 Å². The van der Waals surface area contributed by atoms with Gasteiger partial charge < -0.3 is 15.2 Å². The highest BCUT2D eigenvalue weighted by atomic mass is 16.5. The van der Waals surface area contributed by atoms with Crippen LogP contribution in [0.1, 0.15) is 36.9 Å². The molecule has 6 nitrogen and oxygen atoms in total. The van der Waals surface area contributed by atoms with Crippen LogP contribution in [0.15, 0.2) is 0 Å². The largest absolute Gasteiger partial charge is 0.479 e. The number of nitrogens with zero attached hydrogens (tertiary/aromatic N) is 2. The monoisotopic (exact) mass is 277 g/mol. The molecular formula is C14H19N3O3. The van der Waals surface area contributed by atoms with Crippen LogP contribution >= 0.6 is 0 Å². The number of rotatable bonds is 6. The van der Waals surface area contributed by atoms with Crippen molar-refractivity contribution in [3.63, 3.8) is 0 Å². The second kappa shape index (κ2) is 5.64. The maximum atomic E-state index is 10.7. The Labute approximate surface area is 117 Å². The summed E-state index contributed by atoms with van der Waals surface area (Å²) in [5.41, 5.74) is 1.99. The molecule has 2 N–H and O–H groups in total. The van der Waals surface area contributed by atoms with E-state index in [0.717, 1.165) is 49.4 Å². The summed E-state index contributed by atoms with van der Waals surface area (Å²) in [5.74, 6) is 0.756. The molecule has 0 saturated heterocycles. The molecule has 1 fully saturated rings. The standard InChI is InChI=1S/C14H19N3O3/c18-12(19)8-20-13-10-3-1-2-4-11(10)16-14(17-13)15-7-9-5-6-9/h9H,1-8H2,(H,18,19)(H,15,16,17). The van der Waals surface area contributed by atoms with Crippen molar-refractivity contribution >= 4 is 11.9 Å². The van der Waals surface area contributed by atoms with Crippen LogP contribution in [-0.4, -0.2) is 34.2 Å². The highest BCUT2D eigenvalue weighted by molar-refractivity contribution is 5.68. The van der Waals surface area contributed by atoms with Crippen molar-refractivity contribution in [1.29, 1.82) is 0 Å². The molecule has 20 heavy (non-hydrogen) atoms. The lowest BCUT2D eigenvalue weighted by Crippen LogP contribution is -2.17. The number of ether oxygens (including phenoxy) is 1. The van der Waals surface area contributed by atoms with E-state index in [0.29, 0.717) is 11.8 Å². The summed E-state index contributed by atoms with van der Waals surface area (Å²) in [6, 6.07) is 0. The van der Waals surface area contributed by atoms with E-state index in [9.17, 15) is 4.79 Å². The lowest BCUT2D eigenvalue weighted by atomic mass is 9.97. The lowest BCUT2D eigenvalue weighted by Gasteiger charge is -2.19. The molecule has 0 atom stereocenters. The van der Waals surface area contributed by atoms with Gasteiger partial charge in [0.25, 0.3) is 0 Å². The van der Waals surface area contributed by atoms with Gasteiger partial charge in [-0.25, -0.2) is 9.78 Å². The first-order valence-electron chi connectivity index (χ1n) is 7.20. The van der Waals surface area contributed by atoms with E-state index < -0.39 is 5.97 Å². The summed E-state index contributed by atoms with van der Waals surface area (Å²) >= 11 is 0. The third kappa shape index (κ3) is 3.18. The van der Waals surface area contributed by atoms with E-state index in [4.69, 9.17) is 9.84 Å². The third-order valence-corrected chi connectivity index (χ3v) is 3.72. The number of hydrogen-bond donors (Lipinski definition) is 2. The van der Waals surface area contributed by atoms with Crippen molar-refractivity contribution in [3.05, 3.63) is 11.3 Å².